The first-order valence-electron chi connectivity index (χ1n) is 6.08. The van der Waals surface area contributed by atoms with Crippen molar-refractivity contribution in [1.29, 1.82) is 0 Å². The second kappa shape index (κ2) is 5.74. The van der Waals surface area contributed by atoms with Gasteiger partial charge in [0.15, 0.2) is 5.22 Å². The molecule has 3 aromatic rings. The molecule has 3 rings (SSSR count). The zero-order valence-corrected chi connectivity index (χ0v) is 11.8. The Bertz CT molecular complexity index is 663. The molecule has 0 bridgehead atoms. The van der Waals surface area contributed by atoms with Gasteiger partial charge >= 0.3 is 0 Å². The highest BCUT2D eigenvalue weighted by Gasteiger charge is 2.11. The number of para-hydroxylation sites is 1. The van der Waals surface area contributed by atoms with Gasteiger partial charge in [-0.25, -0.2) is 4.98 Å². The normalized spacial score (nSPS) is 11.2. The minimum Gasteiger partial charge on any atom is -0.444 e. The molecular weight excluding hydrogens is 280 g/mol. The number of rotatable bonds is 5. The lowest BCUT2D eigenvalue weighted by Crippen LogP contribution is -2.16. The van der Waals surface area contributed by atoms with E-state index in [2.05, 4.69) is 15.7 Å². The van der Waals surface area contributed by atoms with Crippen molar-refractivity contribution < 1.29 is 4.42 Å². The summed E-state index contributed by atoms with van der Waals surface area (Å²) in [6.45, 7) is 1.58. The number of nitrogens with zero attached hydrogens (tertiary/aromatic N) is 1. The second-order valence-electron chi connectivity index (χ2n) is 4.26. The quantitative estimate of drug-likeness (QED) is 0.725. The monoisotopic (exact) mass is 292 g/mol. The van der Waals surface area contributed by atoms with E-state index in [4.69, 9.17) is 16.0 Å². The molecule has 0 amide bonds. The number of hydrogen-bond acceptors (Lipinski definition) is 4. The Labute approximate surface area is 120 Å². The number of hydrogen-bond donors (Lipinski definition) is 1. The number of fused-ring (bicyclic) bond motifs is 1. The lowest BCUT2D eigenvalue weighted by Gasteiger charge is -2.02. The Morgan fingerprint density at radius 3 is 3.05 bits per heavy atom. The van der Waals surface area contributed by atoms with Crippen LogP contribution in [-0.2, 0) is 13.0 Å². The number of furan rings is 1. The third-order valence-electron chi connectivity index (χ3n) is 2.99. The minimum absolute atomic E-state index is 0.474. The van der Waals surface area contributed by atoms with Crippen LogP contribution < -0.4 is 5.32 Å². The second-order valence-corrected chi connectivity index (χ2v) is 5.32. The molecule has 2 aromatic heterocycles. The summed E-state index contributed by atoms with van der Waals surface area (Å²) in [5.74, 6) is 0. The molecule has 0 radical (unpaired) electrons. The molecular formula is C14H13ClN2OS. The van der Waals surface area contributed by atoms with E-state index in [1.807, 2.05) is 29.8 Å². The lowest BCUT2D eigenvalue weighted by molar-refractivity contribution is 0.604. The van der Waals surface area contributed by atoms with Gasteiger partial charge in [-0.3, -0.25) is 0 Å². The average molecular weight is 293 g/mol. The van der Waals surface area contributed by atoms with Crippen molar-refractivity contribution in [3.05, 3.63) is 51.6 Å². The molecule has 2 heterocycles. The third kappa shape index (κ3) is 2.81. The number of nitrogens with one attached hydrogen (secondary N) is 1. The van der Waals surface area contributed by atoms with Gasteiger partial charge in [-0.15, -0.1) is 11.3 Å². The van der Waals surface area contributed by atoms with Crippen molar-refractivity contribution in [3.63, 3.8) is 0 Å². The predicted octanol–water partition coefficient (Wildman–Crippen LogP) is 3.88. The van der Waals surface area contributed by atoms with E-state index in [1.165, 1.54) is 0 Å². The summed E-state index contributed by atoms with van der Waals surface area (Å²) in [7, 11) is 0. The number of benzene rings is 1. The zero-order valence-electron chi connectivity index (χ0n) is 10.2. The maximum absolute atomic E-state index is 6.13. The Hall–Kier alpha value is -1.36. The molecule has 1 aromatic carbocycles. The largest absolute Gasteiger partial charge is 0.444 e. The van der Waals surface area contributed by atoms with Gasteiger partial charge in [0.2, 0.25) is 0 Å². The van der Waals surface area contributed by atoms with Crippen molar-refractivity contribution in [1.82, 2.24) is 10.3 Å². The fourth-order valence-corrected chi connectivity index (χ4v) is 2.87. The van der Waals surface area contributed by atoms with Crippen LogP contribution in [0.1, 0.15) is 11.3 Å². The number of thiazole rings is 1. The fourth-order valence-electron chi connectivity index (χ4n) is 2.02. The first-order valence-corrected chi connectivity index (χ1v) is 7.40. The molecule has 0 spiro atoms. The smallest absolute Gasteiger partial charge is 0.199 e. The molecule has 5 heteroatoms. The third-order valence-corrected chi connectivity index (χ3v) is 3.93. The molecule has 0 aliphatic carbocycles. The van der Waals surface area contributed by atoms with E-state index in [9.17, 15) is 0 Å². The lowest BCUT2D eigenvalue weighted by atomic mass is 10.2. The Morgan fingerprint density at radius 1 is 1.32 bits per heavy atom. The van der Waals surface area contributed by atoms with Crippen LogP contribution in [0.3, 0.4) is 0 Å². The van der Waals surface area contributed by atoms with E-state index in [1.54, 1.807) is 11.3 Å². The molecule has 0 atom stereocenters. The predicted molar refractivity (Wildman–Crippen MR) is 78.7 cm³/mol. The van der Waals surface area contributed by atoms with Gasteiger partial charge in [0.05, 0.1) is 11.2 Å². The summed E-state index contributed by atoms with van der Waals surface area (Å²) >= 11 is 7.75. The summed E-state index contributed by atoms with van der Waals surface area (Å²) in [5.41, 5.74) is 4.84. The maximum Gasteiger partial charge on any atom is 0.199 e. The van der Waals surface area contributed by atoms with E-state index in [0.717, 1.165) is 35.2 Å². The molecule has 1 N–H and O–H groups in total. The molecule has 3 nitrogen and oxygen atoms in total. The van der Waals surface area contributed by atoms with Crippen LogP contribution in [0.15, 0.2) is 39.6 Å². The molecule has 0 aliphatic rings. The van der Waals surface area contributed by atoms with Gasteiger partial charge in [0, 0.05) is 35.8 Å². The van der Waals surface area contributed by atoms with E-state index < -0.39 is 0 Å². The van der Waals surface area contributed by atoms with Crippen LogP contribution in [-0.4, -0.2) is 11.5 Å². The zero-order chi connectivity index (χ0) is 13.1. The molecule has 0 aliphatic heterocycles. The van der Waals surface area contributed by atoms with Crippen LogP contribution in [0.4, 0.5) is 0 Å². The van der Waals surface area contributed by atoms with Gasteiger partial charge in [0.25, 0.3) is 0 Å². The number of halogens is 1. The first-order chi connectivity index (χ1) is 9.34. The van der Waals surface area contributed by atoms with Crippen molar-refractivity contribution in [2.24, 2.45) is 0 Å². The summed E-state index contributed by atoms with van der Waals surface area (Å²) in [5, 5.41) is 7.00. The highest BCUT2D eigenvalue weighted by Crippen LogP contribution is 2.29. The van der Waals surface area contributed by atoms with Crippen LogP contribution in [0, 0.1) is 0 Å². The molecule has 0 unspecified atom stereocenters. The Balaban J connectivity index is 1.63. The van der Waals surface area contributed by atoms with Crippen molar-refractivity contribution in [2.75, 3.05) is 6.54 Å². The van der Waals surface area contributed by atoms with Crippen molar-refractivity contribution in [2.45, 2.75) is 13.0 Å². The van der Waals surface area contributed by atoms with E-state index >= 15 is 0 Å². The molecule has 0 saturated heterocycles. The van der Waals surface area contributed by atoms with E-state index in [0.29, 0.717) is 11.8 Å². The highest BCUT2D eigenvalue weighted by molar-refractivity contribution is 7.07. The van der Waals surface area contributed by atoms with Gasteiger partial charge in [-0.1, -0.05) is 18.2 Å². The molecule has 0 saturated carbocycles. The molecule has 98 valence electrons. The summed E-state index contributed by atoms with van der Waals surface area (Å²) in [4.78, 5) is 4.25. The van der Waals surface area contributed by atoms with Crippen molar-refractivity contribution >= 4 is 33.9 Å². The van der Waals surface area contributed by atoms with Gasteiger partial charge in [-0.05, 0) is 17.7 Å². The summed E-state index contributed by atoms with van der Waals surface area (Å²) in [6, 6.07) is 7.90. The Kier molecular flexibility index (Phi) is 3.82. The van der Waals surface area contributed by atoms with Crippen LogP contribution in [0.25, 0.3) is 11.0 Å². The highest BCUT2D eigenvalue weighted by atomic mass is 35.5. The topological polar surface area (TPSA) is 38.1 Å². The van der Waals surface area contributed by atoms with Crippen LogP contribution >= 0.6 is 22.9 Å². The summed E-state index contributed by atoms with van der Waals surface area (Å²) in [6.07, 6.45) is 0.927. The van der Waals surface area contributed by atoms with E-state index in [-0.39, 0.29) is 0 Å². The maximum atomic E-state index is 6.13. The van der Waals surface area contributed by atoms with Crippen LogP contribution in [0.5, 0.6) is 0 Å². The fraction of sp³-hybridized carbons (Fsp3) is 0.214. The SMILES string of the molecule is Clc1oc2ccccc2c1CNCCc1cscn1. The standard InChI is InChI=1S/C14H13ClN2OS/c15-14-12(11-3-1-2-4-13(11)18-14)7-16-6-5-10-8-19-9-17-10/h1-4,8-9,16H,5-7H2. The van der Waals surface area contributed by atoms with Gasteiger partial charge < -0.3 is 9.73 Å². The van der Waals surface area contributed by atoms with Gasteiger partial charge in [0.1, 0.15) is 5.58 Å². The molecule has 19 heavy (non-hydrogen) atoms. The van der Waals surface area contributed by atoms with Crippen molar-refractivity contribution in [3.8, 4) is 0 Å². The molecule has 0 fully saturated rings. The Morgan fingerprint density at radius 2 is 2.21 bits per heavy atom. The van der Waals surface area contributed by atoms with Gasteiger partial charge in [-0.2, -0.15) is 0 Å². The average Bonchev–Trinajstić information content (AvgIpc) is 3.02. The first kappa shape index (κ1) is 12.7. The van der Waals surface area contributed by atoms with Crippen LogP contribution in [0.2, 0.25) is 5.22 Å². The number of aromatic nitrogens is 1. The summed E-state index contributed by atoms with van der Waals surface area (Å²) < 4.78 is 5.52. The minimum atomic E-state index is 0.474.